The lowest BCUT2D eigenvalue weighted by atomic mass is 9.87. The summed E-state index contributed by atoms with van der Waals surface area (Å²) in [7, 11) is -2.76. The first kappa shape index (κ1) is 28.6. The zero-order chi connectivity index (χ0) is 24.5. The number of hydrogen-bond acceptors (Lipinski definition) is 9. The average Bonchev–Trinajstić information content (AvgIpc) is 2.70. The quantitative estimate of drug-likeness (QED) is 0.217. The van der Waals surface area contributed by atoms with Gasteiger partial charge in [-0.05, 0) is 5.92 Å². The van der Waals surface area contributed by atoms with Crippen molar-refractivity contribution in [3.05, 3.63) is 0 Å². The maximum Gasteiger partial charge on any atom is 0.407 e. The third-order valence-electron chi connectivity index (χ3n) is 4.60. The van der Waals surface area contributed by atoms with Crippen molar-refractivity contribution in [1.82, 2.24) is 15.7 Å². The number of rotatable bonds is 11. The molecule has 184 valence electrons. The van der Waals surface area contributed by atoms with Crippen molar-refractivity contribution in [3.8, 4) is 0 Å². The molecule has 1 aliphatic rings. The molecule has 0 saturated carbocycles. The first-order valence-electron chi connectivity index (χ1n) is 10.3. The third kappa shape index (κ3) is 9.19. The molecule has 1 aliphatic heterocycles. The van der Waals surface area contributed by atoms with Crippen molar-refractivity contribution in [3.63, 3.8) is 0 Å². The lowest BCUT2D eigenvalue weighted by Gasteiger charge is -2.41. The van der Waals surface area contributed by atoms with Gasteiger partial charge in [0.15, 0.2) is 11.2 Å². The predicted molar refractivity (Wildman–Crippen MR) is 120 cm³/mol. The second-order valence-corrected chi connectivity index (χ2v) is 11.3. The number of amides is 2. The van der Waals surface area contributed by atoms with Gasteiger partial charge in [-0.25, -0.2) is 9.65 Å². The Bertz CT molecular complexity index is 746. The first-order chi connectivity index (χ1) is 14.8. The van der Waals surface area contributed by atoms with Crippen LogP contribution in [-0.2, 0) is 37.5 Å². The van der Waals surface area contributed by atoms with E-state index in [2.05, 4.69) is 15.7 Å². The van der Waals surface area contributed by atoms with E-state index in [-0.39, 0.29) is 36.5 Å². The number of ether oxygens (including phenoxy) is 1. The summed E-state index contributed by atoms with van der Waals surface area (Å²) < 4.78 is 28.8. The number of methoxy groups -OCH3 is 1. The van der Waals surface area contributed by atoms with Crippen LogP contribution in [0.4, 0.5) is 0 Å². The number of carbonyl (C=O) groups excluding carboxylic acids is 4. The van der Waals surface area contributed by atoms with Gasteiger partial charge in [-0.15, -0.1) is 0 Å². The van der Waals surface area contributed by atoms with Crippen LogP contribution in [0.5, 0.6) is 0 Å². The van der Waals surface area contributed by atoms with Crippen molar-refractivity contribution in [2.45, 2.75) is 53.2 Å². The highest BCUT2D eigenvalue weighted by molar-refractivity contribution is 8.13. The van der Waals surface area contributed by atoms with E-state index in [1.54, 1.807) is 27.7 Å². The summed E-state index contributed by atoms with van der Waals surface area (Å²) in [6.45, 7) is 8.73. The van der Waals surface area contributed by atoms with E-state index in [0.717, 1.165) is 11.8 Å². The Balaban J connectivity index is 2.65. The molecule has 11 nitrogen and oxygen atoms in total. The van der Waals surface area contributed by atoms with Gasteiger partial charge in [0.05, 0.1) is 13.7 Å². The minimum absolute atomic E-state index is 0.0244. The molecule has 3 atom stereocenters. The molecule has 0 aromatic rings. The van der Waals surface area contributed by atoms with E-state index in [1.165, 1.54) is 14.0 Å². The van der Waals surface area contributed by atoms with Gasteiger partial charge in [-0.3, -0.25) is 28.2 Å². The van der Waals surface area contributed by atoms with Crippen LogP contribution in [-0.4, -0.2) is 67.6 Å². The van der Waals surface area contributed by atoms with Crippen molar-refractivity contribution >= 4 is 42.4 Å². The summed E-state index contributed by atoms with van der Waals surface area (Å²) in [5, 5.41) is 7.83. The first-order valence-corrected chi connectivity index (χ1v) is 12.8. The van der Waals surface area contributed by atoms with Crippen molar-refractivity contribution in [1.29, 1.82) is 0 Å². The van der Waals surface area contributed by atoms with Gasteiger partial charge in [0.2, 0.25) is 11.8 Å². The standard InChI is InChI=1S/C19H34N3O8PS/c1-12(2)15(18(26)28-6)22-31(27)29-11-19(4,5)16(30-31)17(25)21-8-7-14(24)20-9-10-32-13(3)23/h12,15-16H,7-11H2,1-6H3,(H,20,24)(H,21,25)(H,22,27)/t15-,16-,31?/m0/s1. The van der Waals surface area contributed by atoms with Crippen molar-refractivity contribution < 1.29 is 37.5 Å². The minimum Gasteiger partial charge on any atom is -0.468 e. The van der Waals surface area contributed by atoms with Crippen molar-refractivity contribution in [2.75, 3.05) is 32.6 Å². The Morgan fingerprint density at radius 2 is 1.84 bits per heavy atom. The van der Waals surface area contributed by atoms with E-state index in [4.69, 9.17) is 13.8 Å². The zero-order valence-corrected chi connectivity index (χ0v) is 21.1. The Kier molecular flexibility index (Phi) is 11.3. The van der Waals surface area contributed by atoms with Gasteiger partial charge < -0.3 is 15.4 Å². The second-order valence-electron chi connectivity index (χ2n) is 8.35. The smallest absolute Gasteiger partial charge is 0.407 e. The summed E-state index contributed by atoms with van der Waals surface area (Å²) in [5.41, 5.74) is -0.801. The maximum absolute atomic E-state index is 13.1. The topological polar surface area (TPSA) is 149 Å². The lowest BCUT2D eigenvalue weighted by molar-refractivity contribution is -0.144. The number of esters is 1. The molecule has 0 aromatic carbocycles. The van der Waals surface area contributed by atoms with Gasteiger partial charge in [-0.2, -0.15) is 0 Å². The summed E-state index contributed by atoms with van der Waals surface area (Å²) in [4.78, 5) is 47.4. The Labute approximate surface area is 193 Å². The molecule has 1 unspecified atom stereocenters. The fourth-order valence-corrected chi connectivity index (χ4v) is 5.34. The predicted octanol–water partition coefficient (Wildman–Crippen LogP) is 1.23. The molecule has 32 heavy (non-hydrogen) atoms. The molecule has 1 fully saturated rings. The molecule has 0 spiro atoms. The molecule has 0 aliphatic carbocycles. The number of thioether (sulfide) groups is 1. The highest BCUT2D eigenvalue weighted by Crippen LogP contribution is 2.53. The lowest BCUT2D eigenvalue weighted by Crippen LogP contribution is -2.52. The highest BCUT2D eigenvalue weighted by Gasteiger charge is 2.49. The Morgan fingerprint density at radius 1 is 1.19 bits per heavy atom. The fraction of sp³-hybridized carbons (Fsp3) is 0.789. The molecule has 0 aromatic heterocycles. The van der Waals surface area contributed by atoms with Gasteiger partial charge >= 0.3 is 13.7 Å². The van der Waals surface area contributed by atoms with E-state index in [0.29, 0.717) is 12.3 Å². The largest absolute Gasteiger partial charge is 0.468 e. The Morgan fingerprint density at radius 3 is 2.41 bits per heavy atom. The SMILES string of the molecule is COC(=O)[C@@H](NP1(=O)OCC(C)(C)[C@H](C(=O)NCCC(=O)NCCSC(C)=O)O1)C(C)C. The van der Waals surface area contributed by atoms with Crippen LogP contribution in [0.25, 0.3) is 0 Å². The summed E-state index contributed by atoms with van der Waals surface area (Å²) >= 11 is 1.12. The van der Waals surface area contributed by atoms with Gasteiger partial charge in [-0.1, -0.05) is 39.5 Å². The molecule has 2 amide bonds. The molecular weight excluding hydrogens is 461 g/mol. The zero-order valence-electron chi connectivity index (χ0n) is 19.4. The second kappa shape index (κ2) is 12.7. The average molecular weight is 496 g/mol. The van der Waals surface area contributed by atoms with E-state index >= 15 is 0 Å². The molecule has 0 radical (unpaired) electrons. The molecule has 13 heteroatoms. The fourth-order valence-electron chi connectivity index (χ4n) is 2.75. The van der Waals surface area contributed by atoms with E-state index in [9.17, 15) is 23.7 Å². The van der Waals surface area contributed by atoms with E-state index < -0.39 is 37.2 Å². The minimum atomic E-state index is -3.98. The molecule has 3 N–H and O–H groups in total. The van der Waals surface area contributed by atoms with Crippen LogP contribution in [0.1, 0.15) is 41.0 Å². The Hall–Kier alpha value is -1.46. The van der Waals surface area contributed by atoms with Gasteiger partial charge in [0, 0.05) is 37.6 Å². The maximum atomic E-state index is 13.1. The monoisotopic (exact) mass is 495 g/mol. The third-order valence-corrected chi connectivity index (χ3v) is 6.96. The molecule has 1 saturated heterocycles. The number of hydrogen-bond donors (Lipinski definition) is 3. The summed E-state index contributed by atoms with van der Waals surface area (Å²) in [6.07, 6.45) is -1.09. The molecule has 1 rings (SSSR count). The normalized spacial score (nSPS) is 23.3. The summed E-state index contributed by atoms with van der Waals surface area (Å²) in [6, 6.07) is -0.944. The molecule has 0 bridgehead atoms. The number of carbonyl (C=O) groups is 4. The highest BCUT2D eigenvalue weighted by atomic mass is 32.2. The van der Waals surface area contributed by atoms with Crippen LogP contribution >= 0.6 is 19.5 Å². The molecular formula is C19H34N3O8PS. The van der Waals surface area contributed by atoms with Crippen LogP contribution in [0, 0.1) is 11.3 Å². The molecule has 1 heterocycles. The van der Waals surface area contributed by atoms with Gasteiger partial charge in [0.25, 0.3) is 0 Å². The van der Waals surface area contributed by atoms with Crippen LogP contribution in [0.3, 0.4) is 0 Å². The van der Waals surface area contributed by atoms with E-state index in [1.807, 2.05) is 0 Å². The van der Waals surface area contributed by atoms with Crippen LogP contribution < -0.4 is 15.7 Å². The van der Waals surface area contributed by atoms with Crippen molar-refractivity contribution in [2.24, 2.45) is 11.3 Å². The number of nitrogens with one attached hydrogen (secondary N) is 3. The van der Waals surface area contributed by atoms with Gasteiger partial charge in [0.1, 0.15) is 6.04 Å². The summed E-state index contributed by atoms with van der Waals surface area (Å²) in [5.74, 6) is -1.23. The van der Waals surface area contributed by atoms with Crippen LogP contribution in [0.2, 0.25) is 0 Å². The van der Waals surface area contributed by atoms with Crippen LogP contribution in [0.15, 0.2) is 0 Å².